The molecule has 0 saturated carbocycles. The molecule has 0 aliphatic rings. The summed E-state index contributed by atoms with van der Waals surface area (Å²) in [4.78, 5) is 12.2. The summed E-state index contributed by atoms with van der Waals surface area (Å²) in [6.07, 6.45) is 3.63. The molecule has 0 atom stereocenters. The number of hydrogen-bond acceptors (Lipinski definition) is 3. The fourth-order valence-corrected chi connectivity index (χ4v) is 1.73. The second-order valence-corrected chi connectivity index (χ2v) is 5.40. The molecule has 0 spiro atoms. The number of anilines is 1. The standard InChI is InChI=1S/C15H20N4O/c1-15(2,11-16)14(20)18-13-7-4-3-6-12(13)10-19-9-5-8-17-19/h3-9H,10-11,16H2,1-2H3,(H,18,20). The molecule has 0 fully saturated rings. The molecule has 20 heavy (non-hydrogen) atoms. The van der Waals surface area contributed by atoms with Gasteiger partial charge in [0.25, 0.3) is 0 Å². The van der Waals surface area contributed by atoms with Gasteiger partial charge in [0, 0.05) is 24.6 Å². The number of nitrogens with one attached hydrogen (secondary N) is 1. The van der Waals surface area contributed by atoms with Crippen LogP contribution in [-0.2, 0) is 11.3 Å². The minimum absolute atomic E-state index is 0.0760. The number of para-hydroxylation sites is 1. The minimum atomic E-state index is -0.585. The number of nitrogens with zero attached hydrogens (tertiary/aromatic N) is 2. The van der Waals surface area contributed by atoms with Gasteiger partial charge in [-0.2, -0.15) is 5.10 Å². The third kappa shape index (κ3) is 3.24. The summed E-state index contributed by atoms with van der Waals surface area (Å²) in [5.41, 5.74) is 6.86. The Balaban J connectivity index is 2.18. The Labute approximate surface area is 118 Å². The van der Waals surface area contributed by atoms with Crippen LogP contribution in [0.3, 0.4) is 0 Å². The van der Waals surface area contributed by atoms with Crippen LogP contribution in [-0.4, -0.2) is 22.2 Å². The number of aromatic nitrogens is 2. The van der Waals surface area contributed by atoms with Crippen LogP contribution in [0.15, 0.2) is 42.7 Å². The molecule has 5 heteroatoms. The largest absolute Gasteiger partial charge is 0.329 e. The normalized spacial score (nSPS) is 11.3. The number of benzene rings is 1. The van der Waals surface area contributed by atoms with Crippen molar-refractivity contribution in [1.82, 2.24) is 9.78 Å². The van der Waals surface area contributed by atoms with Crippen molar-refractivity contribution in [3.05, 3.63) is 48.3 Å². The summed E-state index contributed by atoms with van der Waals surface area (Å²) < 4.78 is 1.82. The molecule has 3 N–H and O–H groups in total. The third-order valence-electron chi connectivity index (χ3n) is 3.28. The molecule has 1 amide bonds. The van der Waals surface area contributed by atoms with Gasteiger partial charge in [0.2, 0.25) is 5.91 Å². The van der Waals surface area contributed by atoms with Crippen molar-refractivity contribution >= 4 is 11.6 Å². The van der Waals surface area contributed by atoms with E-state index in [0.717, 1.165) is 11.3 Å². The van der Waals surface area contributed by atoms with Crippen molar-refractivity contribution in [3.8, 4) is 0 Å². The smallest absolute Gasteiger partial charge is 0.231 e. The maximum Gasteiger partial charge on any atom is 0.231 e. The van der Waals surface area contributed by atoms with Gasteiger partial charge in [0.05, 0.1) is 12.0 Å². The summed E-state index contributed by atoms with van der Waals surface area (Å²) in [6.45, 7) is 4.59. The molecular weight excluding hydrogens is 252 g/mol. The molecule has 0 bridgehead atoms. The first-order valence-corrected chi connectivity index (χ1v) is 6.60. The van der Waals surface area contributed by atoms with Crippen molar-refractivity contribution in [2.24, 2.45) is 11.1 Å². The van der Waals surface area contributed by atoms with E-state index < -0.39 is 5.41 Å². The average molecular weight is 272 g/mol. The highest BCUT2D eigenvalue weighted by atomic mass is 16.2. The highest BCUT2D eigenvalue weighted by Crippen LogP contribution is 2.20. The van der Waals surface area contributed by atoms with Gasteiger partial charge in [-0.3, -0.25) is 9.48 Å². The lowest BCUT2D eigenvalue weighted by Crippen LogP contribution is -2.37. The molecule has 0 aliphatic carbocycles. The molecule has 1 aromatic heterocycles. The van der Waals surface area contributed by atoms with E-state index >= 15 is 0 Å². The second kappa shape index (κ2) is 5.88. The molecule has 1 aromatic carbocycles. The van der Waals surface area contributed by atoms with Crippen LogP contribution in [0.5, 0.6) is 0 Å². The Bertz CT molecular complexity index is 575. The molecule has 0 aliphatic heterocycles. The maximum absolute atomic E-state index is 12.2. The first-order chi connectivity index (χ1) is 9.53. The van der Waals surface area contributed by atoms with Crippen molar-refractivity contribution in [2.75, 3.05) is 11.9 Å². The molecule has 106 valence electrons. The van der Waals surface area contributed by atoms with Gasteiger partial charge in [0.1, 0.15) is 0 Å². The second-order valence-electron chi connectivity index (χ2n) is 5.40. The van der Waals surface area contributed by atoms with Crippen LogP contribution in [0.4, 0.5) is 5.69 Å². The van der Waals surface area contributed by atoms with Crippen LogP contribution >= 0.6 is 0 Å². The van der Waals surface area contributed by atoms with E-state index in [0.29, 0.717) is 13.1 Å². The van der Waals surface area contributed by atoms with Gasteiger partial charge < -0.3 is 11.1 Å². The Morgan fingerprint density at radius 2 is 2.10 bits per heavy atom. The SMILES string of the molecule is CC(C)(CN)C(=O)Nc1ccccc1Cn1cccn1. The molecule has 1 heterocycles. The predicted octanol–water partition coefficient (Wildman–Crippen LogP) is 1.85. The monoisotopic (exact) mass is 272 g/mol. The number of rotatable bonds is 5. The van der Waals surface area contributed by atoms with Crippen LogP contribution in [0.25, 0.3) is 0 Å². The fourth-order valence-electron chi connectivity index (χ4n) is 1.73. The maximum atomic E-state index is 12.2. The Morgan fingerprint density at radius 3 is 2.75 bits per heavy atom. The fraction of sp³-hybridized carbons (Fsp3) is 0.333. The summed E-state index contributed by atoms with van der Waals surface area (Å²) in [6, 6.07) is 9.59. The highest BCUT2D eigenvalue weighted by Gasteiger charge is 2.26. The molecule has 2 aromatic rings. The molecule has 2 rings (SSSR count). The van der Waals surface area contributed by atoms with Gasteiger partial charge in [-0.15, -0.1) is 0 Å². The zero-order valence-corrected chi connectivity index (χ0v) is 11.8. The van der Waals surface area contributed by atoms with Crippen LogP contribution in [0.1, 0.15) is 19.4 Å². The number of nitrogens with two attached hydrogens (primary N) is 1. The van der Waals surface area contributed by atoms with Crippen molar-refractivity contribution < 1.29 is 4.79 Å². The van der Waals surface area contributed by atoms with Gasteiger partial charge in [-0.1, -0.05) is 18.2 Å². The molecule has 5 nitrogen and oxygen atoms in total. The van der Waals surface area contributed by atoms with E-state index in [9.17, 15) is 4.79 Å². The summed E-state index contributed by atoms with van der Waals surface area (Å²) >= 11 is 0. The zero-order valence-electron chi connectivity index (χ0n) is 11.8. The van der Waals surface area contributed by atoms with Crippen LogP contribution < -0.4 is 11.1 Å². The highest BCUT2D eigenvalue weighted by molar-refractivity contribution is 5.95. The topological polar surface area (TPSA) is 72.9 Å². The molecule has 0 unspecified atom stereocenters. The Hall–Kier alpha value is -2.14. The predicted molar refractivity (Wildman–Crippen MR) is 79.2 cm³/mol. The molecular formula is C15H20N4O. The number of hydrogen-bond donors (Lipinski definition) is 2. The lowest BCUT2D eigenvalue weighted by molar-refractivity contribution is -0.123. The van der Waals surface area contributed by atoms with Crippen molar-refractivity contribution in [3.63, 3.8) is 0 Å². The third-order valence-corrected chi connectivity index (χ3v) is 3.28. The minimum Gasteiger partial charge on any atom is -0.329 e. The first kappa shape index (κ1) is 14.3. The Morgan fingerprint density at radius 1 is 1.35 bits per heavy atom. The average Bonchev–Trinajstić information content (AvgIpc) is 2.94. The van der Waals surface area contributed by atoms with Crippen LogP contribution in [0.2, 0.25) is 0 Å². The van der Waals surface area contributed by atoms with Crippen molar-refractivity contribution in [2.45, 2.75) is 20.4 Å². The molecule has 0 radical (unpaired) electrons. The lowest BCUT2D eigenvalue weighted by atomic mass is 9.92. The lowest BCUT2D eigenvalue weighted by Gasteiger charge is -2.22. The van der Waals surface area contributed by atoms with E-state index in [2.05, 4.69) is 10.4 Å². The van der Waals surface area contributed by atoms with E-state index in [-0.39, 0.29) is 5.91 Å². The number of carbonyl (C=O) groups is 1. The van der Waals surface area contributed by atoms with Gasteiger partial charge in [0.15, 0.2) is 0 Å². The summed E-state index contributed by atoms with van der Waals surface area (Å²) in [5.74, 6) is -0.0760. The van der Waals surface area contributed by atoms with E-state index in [4.69, 9.17) is 5.73 Å². The molecule has 0 saturated heterocycles. The summed E-state index contributed by atoms with van der Waals surface area (Å²) in [5, 5.41) is 7.13. The van der Waals surface area contributed by atoms with E-state index in [1.165, 1.54) is 0 Å². The first-order valence-electron chi connectivity index (χ1n) is 6.60. The van der Waals surface area contributed by atoms with Gasteiger partial charge in [-0.05, 0) is 31.5 Å². The Kier molecular flexibility index (Phi) is 4.20. The van der Waals surface area contributed by atoms with Gasteiger partial charge in [-0.25, -0.2) is 0 Å². The quantitative estimate of drug-likeness (QED) is 0.872. The zero-order chi connectivity index (χ0) is 14.6. The number of amides is 1. The van der Waals surface area contributed by atoms with Crippen molar-refractivity contribution in [1.29, 1.82) is 0 Å². The summed E-state index contributed by atoms with van der Waals surface area (Å²) in [7, 11) is 0. The van der Waals surface area contributed by atoms with E-state index in [1.54, 1.807) is 6.20 Å². The van der Waals surface area contributed by atoms with Crippen LogP contribution in [0, 0.1) is 5.41 Å². The van der Waals surface area contributed by atoms with Gasteiger partial charge >= 0.3 is 0 Å². The van der Waals surface area contributed by atoms with E-state index in [1.807, 2.05) is 55.1 Å². The number of carbonyl (C=O) groups excluding carboxylic acids is 1.